The second-order valence-corrected chi connectivity index (χ2v) is 4.95. The second-order valence-electron chi connectivity index (χ2n) is 4.95. The average molecular weight is 292 g/mol. The number of halogens is 1. The van der Waals surface area contributed by atoms with Gasteiger partial charge in [-0.05, 0) is 19.4 Å². The van der Waals surface area contributed by atoms with Crippen LogP contribution in [0.15, 0.2) is 33.9 Å². The summed E-state index contributed by atoms with van der Waals surface area (Å²) in [5, 5.41) is 10.3. The Hall–Kier alpha value is -2.37. The van der Waals surface area contributed by atoms with Crippen LogP contribution in [0.5, 0.6) is 5.88 Å². The molecule has 1 atom stereocenters. The number of hydrogen-bond donors (Lipinski definition) is 2. The summed E-state index contributed by atoms with van der Waals surface area (Å²) in [5.74, 6) is -1.14. The summed E-state index contributed by atoms with van der Waals surface area (Å²) in [6, 6.07) is 5.32. The van der Waals surface area contributed by atoms with E-state index in [9.17, 15) is 19.1 Å². The number of benzene rings is 1. The van der Waals surface area contributed by atoms with Crippen LogP contribution in [-0.4, -0.2) is 14.7 Å². The molecule has 2 N–H and O–H groups in total. The smallest absolute Gasteiger partial charge is 0.331 e. The van der Waals surface area contributed by atoms with Gasteiger partial charge >= 0.3 is 5.69 Å². The summed E-state index contributed by atoms with van der Waals surface area (Å²) in [5.41, 5.74) is -1.76. The third-order valence-corrected chi connectivity index (χ3v) is 3.41. The van der Waals surface area contributed by atoms with E-state index in [1.165, 1.54) is 18.2 Å². The van der Waals surface area contributed by atoms with E-state index in [1.54, 1.807) is 13.0 Å². The van der Waals surface area contributed by atoms with E-state index < -0.39 is 22.9 Å². The highest BCUT2D eigenvalue weighted by Gasteiger charge is 2.20. The standard InChI is InChI=1S/C15H17FN2O3/c1-3-6-9(2)18-14(20)12(13(19)17-15(18)21)10-7-4-5-8-11(10)16/h4-5,7-9,20H,3,6H2,1-2H3,(H,17,19,21). The van der Waals surface area contributed by atoms with Crippen molar-refractivity contribution in [3.63, 3.8) is 0 Å². The lowest BCUT2D eigenvalue weighted by Crippen LogP contribution is -2.32. The molecule has 0 radical (unpaired) electrons. The first kappa shape index (κ1) is 15.0. The normalized spacial score (nSPS) is 12.3. The Bertz CT molecular complexity index is 764. The van der Waals surface area contributed by atoms with E-state index in [4.69, 9.17) is 0 Å². The van der Waals surface area contributed by atoms with Crippen LogP contribution in [-0.2, 0) is 0 Å². The van der Waals surface area contributed by atoms with Gasteiger partial charge in [-0.1, -0.05) is 31.5 Å². The first-order chi connectivity index (χ1) is 9.97. The number of aromatic amines is 1. The van der Waals surface area contributed by atoms with E-state index in [1.807, 2.05) is 6.92 Å². The van der Waals surface area contributed by atoms with Crippen molar-refractivity contribution < 1.29 is 9.50 Å². The highest BCUT2D eigenvalue weighted by molar-refractivity contribution is 5.67. The number of nitrogens with zero attached hydrogens (tertiary/aromatic N) is 1. The average Bonchev–Trinajstić information content (AvgIpc) is 2.40. The number of aromatic hydroxyl groups is 1. The molecule has 1 heterocycles. The summed E-state index contributed by atoms with van der Waals surface area (Å²) >= 11 is 0. The number of aromatic nitrogens is 2. The van der Waals surface area contributed by atoms with Crippen molar-refractivity contribution in [1.29, 1.82) is 0 Å². The quantitative estimate of drug-likeness (QED) is 0.908. The summed E-state index contributed by atoms with van der Waals surface area (Å²) in [6.45, 7) is 3.70. The summed E-state index contributed by atoms with van der Waals surface area (Å²) in [7, 11) is 0. The second kappa shape index (κ2) is 5.95. The molecule has 1 aromatic carbocycles. The van der Waals surface area contributed by atoms with E-state index in [-0.39, 0.29) is 17.2 Å². The molecule has 0 saturated heterocycles. The molecule has 1 unspecified atom stereocenters. The van der Waals surface area contributed by atoms with Crippen molar-refractivity contribution in [2.24, 2.45) is 0 Å². The Balaban J connectivity index is 2.74. The van der Waals surface area contributed by atoms with Crippen LogP contribution in [0.1, 0.15) is 32.7 Å². The molecule has 0 bridgehead atoms. The van der Waals surface area contributed by atoms with E-state index >= 15 is 0 Å². The maximum absolute atomic E-state index is 13.9. The Kier molecular flexibility index (Phi) is 4.26. The molecule has 0 fully saturated rings. The zero-order valence-corrected chi connectivity index (χ0v) is 11.9. The van der Waals surface area contributed by atoms with Crippen LogP contribution < -0.4 is 11.2 Å². The number of nitrogens with one attached hydrogen (secondary N) is 1. The topological polar surface area (TPSA) is 75.1 Å². The predicted octanol–water partition coefficient (Wildman–Crippen LogP) is 2.41. The fourth-order valence-corrected chi connectivity index (χ4v) is 2.40. The molecule has 1 aromatic heterocycles. The van der Waals surface area contributed by atoms with Crippen LogP contribution in [0.2, 0.25) is 0 Å². The van der Waals surface area contributed by atoms with Gasteiger partial charge in [0.05, 0.1) is 0 Å². The molecular weight excluding hydrogens is 275 g/mol. The predicted molar refractivity (Wildman–Crippen MR) is 78.0 cm³/mol. The molecule has 5 nitrogen and oxygen atoms in total. The maximum atomic E-state index is 13.9. The zero-order chi connectivity index (χ0) is 15.6. The molecule has 0 aliphatic heterocycles. The molecule has 0 amide bonds. The monoisotopic (exact) mass is 292 g/mol. The SMILES string of the molecule is CCCC(C)n1c(O)c(-c2ccccc2F)c(=O)[nH]c1=O. The minimum Gasteiger partial charge on any atom is -0.494 e. The lowest BCUT2D eigenvalue weighted by atomic mass is 10.1. The molecule has 0 saturated carbocycles. The third kappa shape index (κ3) is 2.74. The molecule has 2 aromatic rings. The minimum absolute atomic E-state index is 0.0336. The molecular formula is C15H17FN2O3. The molecule has 2 rings (SSSR count). The van der Waals surface area contributed by atoms with Gasteiger partial charge in [0.15, 0.2) is 0 Å². The van der Waals surface area contributed by atoms with Gasteiger partial charge in [0.2, 0.25) is 5.88 Å². The fourth-order valence-electron chi connectivity index (χ4n) is 2.40. The Morgan fingerprint density at radius 2 is 2.00 bits per heavy atom. The van der Waals surface area contributed by atoms with Gasteiger partial charge < -0.3 is 5.11 Å². The Morgan fingerprint density at radius 3 is 2.62 bits per heavy atom. The van der Waals surface area contributed by atoms with Gasteiger partial charge in [0.25, 0.3) is 5.56 Å². The lowest BCUT2D eigenvalue weighted by molar-refractivity contribution is 0.363. The van der Waals surface area contributed by atoms with Crippen molar-refractivity contribution in [2.45, 2.75) is 32.7 Å². The Morgan fingerprint density at radius 1 is 1.33 bits per heavy atom. The van der Waals surface area contributed by atoms with Gasteiger partial charge in [-0.3, -0.25) is 14.3 Å². The summed E-state index contributed by atoms with van der Waals surface area (Å²) < 4.78 is 15.0. The number of rotatable bonds is 4. The van der Waals surface area contributed by atoms with Gasteiger partial charge in [0.1, 0.15) is 11.4 Å². The van der Waals surface area contributed by atoms with Crippen molar-refractivity contribution in [3.05, 3.63) is 50.9 Å². The molecule has 0 aliphatic rings. The van der Waals surface area contributed by atoms with Gasteiger partial charge in [-0.25, -0.2) is 9.18 Å². The lowest BCUT2D eigenvalue weighted by Gasteiger charge is -2.17. The summed E-state index contributed by atoms with van der Waals surface area (Å²) in [4.78, 5) is 26.0. The maximum Gasteiger partial charge on any atom is 0.331 e. The van der Waals surface area contributed by atoms with Crippen LogP contribution in [0, 0.1) is 5.82 Å². The van der Waals surface area contributed by atoms with Crippen LogP contribution in [0.4, 0.5) is 4.39 Å². The van der Waals surface area contributed by atoms with Crippen LogP contribution in [0.25, 0.3) is 11.1 Å². The van der Waals surface area contributed by atoms with Crippen molar-refractivity contribution in [1.82, 2.24) is 9.55 Å². The summed E-state index contributed by atoms with van der Waals surface area (Å²) in [6.07, 6.45) is 1.46. The first-order valence-corrected chi connectivity index (χ1v) is 6.80. The van der Waals surface area contributed by atoms with Gasteiger partial charge in [0, 0.05) is 11.6 Å². The van der Waals surface area contributed by atoms with Crippen molar-refractivity contribution in [2.75, 3.05) is 0 Å². The third-order valence-electron chi connectivity index (χ3n) is 3.41. The van der Waals surface area contributed by atoms with Crippen LogP contribution >= 0.6 is 0 Å². The fraction of sp³-hybridized carbons (Fsp3) is 0.333. The highest BCUT2D eigenvalue weighted by Crippen LogP contribution is 2.28. The molecule has 21 heavy (non-hydrogen) atoms. The van der Waals surface area contributed by atoms with Gasteiger partial charge in [-0.15, -0.1) is 0 Å². The van der Waals surface area contributed by atoms with Gasteiger partial charge in [-0.2, -0.15) is 0 Å². The molecule has 0 aliphatic carbocycles. The molecule has 0 spiro atoms. The van der Waals surface area contributed by atoms with Crippen LogP contribution in [0.3, 0.4) is 0 Å². The number of H-pyrrole nitrogens is 1. The van der Waals surface area contributed by atoms with Crippen molar-refractivity contribution >= 4 is 0 Å². The molecule has 6 heteroatoms. The van der Waals surface area contributed by atoms with E-state index in [2.05, 4.69) is 4.98 Å². The number of hydrogen-bond acceptors (Lipinski definition) is 3. The Labute approximate surface area is 120 Å². The van der Waals surface area contributed by atoms with E-state index in [0.717, 1.165) is 11.0 Å². The first-order valence-electron chi connectivity index (χ1n) is 6.80. The minimum atomic E-state index is -0.803. The molecule has 112 valence electrons. The van der Waals surface area contributed by atoms with Crippen molar-refractivity contribution in [3.8, 4) is 17.0 Å². The highest BCUT2D eigenvalue weighted by atomic mass is 19.1. The van der Waals surface area contributed by atoms with E-state index in [0.29, 0.717) is 6.42 Å². The zero-order valence-electron chi connectivity index (χ0n) is 11.9. The largest absolute Gasteiger partial charge is 0.494 e.